The lowest BCUT2D eigenvalue weighted by atomic mass is 9.39. The highest BCUT2D eigenvalue weighted by Crippen LogP contribution is 2.85. The summed E-state index contributed by atoms with van der Waals surface area (Å²) in [5.41, 5.74) is 0.161. The third-order valence-electron chi connectivity index (χ3n) is 10.0. The number of aliphatic hydroxyl groups excluding tert-OH is 1. The molecule has 0 unspecified atom stereocenters. The van der Waals surface area contributed by atoms with Gasteiger partial charge in [-0.05, 0) is 86.4 Å². The number of hydrogen-bond donors (Lipinski definition) is 2. The van der Waals surface area contributed by atoms with Crippen LogP contribution < -0.4 is 0 Å². The van der Waals surface area contributed by atoms with Crippen molar-refractivity contribution in [3.63, 3.8) is 0 Å². The van der Waals surface area contributed by atoms with Gasteiger partial charge in [0.15, 0.2) is 0 Å². The largest absolute Gasteiger partial charge is 0.481 e. The minimum absolute atomic E-state index is 0.133. The highest BCUT2D eigenvalue weighted by atomic mass is 16.4. The van der Waals surface area contributed by atoms with E-state index >= 15 is 0 Å². The normalized spacial score (nSPS) is 65.7. The maximum Gasteiger partial charge on any atom is 0.309 e. The summed E-state index contributed by atoms with van der Waals surface area (Å²) in [6.07, 6.45) is 7.13. The molecule has 128 valence electrons. The number of rotatable bonds is 1. The molecule has 6 aliphatic rings. The molecule has 0 aliphatic heterocycles. The van der Waals surface area contributed by atoms with Gasteiger partial charge in [-0.15, -0.1) is 0 Å². The van der Waals surface area contributed by atoms with Crippen molar-refractivity contribution < 1.29 is 15.0 Å². The lowest BCUT2D eigenvalue weighted by molar-refractivity contribution is -0.219. The number of carboxylic acids is 1. The van der Waals surface area contributed by atoms with Gasteiger partial charge in [-0.3, -0.25) is 4.79 Å². The molecule has 0 aromatic heterocycles. The Balaban J connectivity index is 1.59. The molecule has 3 heteroatoms. The first-order chi connectivity index (χ1) is 10.7. The Morgan fingerprint density at radius 3 is 2.39 bits per heavy atom. The van der Waals surface area contributed by atoms with Gasteiger partial charge in [-0.1, -0.05) is 13.8 Å². The smallest absolute Gasteiger partial charge is 0.309 e. The van der Waals surface area contributed by atoms with Gasteiger partial charge in [0, 0.05) is 5.41 Å². The van der Waals surface area contributed by atoms with Crippen LogP contribution in [0.4, 0.5) is 0 Å². The van der Waals surface area contributed by atoms with Crippen LogP contribution in [0.1, 0.15) is 65.7 Å². The van der Waals surface area contributed by atoms with E-state index in [4.69, 9.17) is 0 Å². The number of aliphatic carboxylic acids is 1. The molecule has 0 heterocycles. The molecule has 1 spiro atoms. The lowest BCUT2D eigenvalue weighted by Gasteiger charge is -2.66. The Morgan fingerprint density at radius 2 is 1.78 bits per heavy atom. The fourth-order valence-corrected chi connectivity index (χ4v) is 8.78. The molecule has 23 heavy (non-hydrogen) atoms. The van der Waals surface area contributed by atoms with E-state index in [2.05, 4.69) is 13.8 Å². The van der Waals surface area contributed by atoms with Crippen molar-refractivity contribution in [3.8, 4) is 0 Å². The summed E-state index contributed by atoms with van der Waals surface area (Å²) in [5, 5.41) is 20.9. The summed E-state index contributed by atoms with van der Waals surface area (Å²) in [6, 6.07) is 0. The Kier molecular flexibility index (Phi) is 2.45. The van der Waals surface area contributed by atoms with E-state index in [1.54, 1.807) is 0 Å². The van der Waals surface area contributed by atoms with Gasteiger partial charge in [0.05, 0.1) is 11.5 Å². The molecular formula is C20H30O3. The second-order valence-electron chi connectivity index (χ2n) is 10.5. The van der Waals surface area contributed by atoms with Crippen molar-refractivity contribution in [1.82, 2.24) is 0 Å². The van der Waals surface area contributed by atoms with E-state index in [9.17, 15) is 15.0 Å². The van der Waals surface area contributed by atoms with Crippen LogP contribution >= 0.6 is 0 Å². The SMILES string of the molecule is C[C@]12C[C@]34CC[C@@H]5[C@](C)([C@H](O)CC[C@@]5(C)C(=O)O)[C@@H]3C[C@H]1[C@H]2C4. The fourth-order valence-electron chi connectivity index (χ4n) is 8.78. The first kappa shape index (κ1) is 14.7. The number of hydrogen-bond acceptors (Lipinski definition) is 2. The second kappa shape index (κ2) is 3.81. The number of aliphatic hydroxyl groups is 1. The molecule has 4 bridgehead atoms. The molecule has 6 aliphatic carbocycles. The third-order valence-corrected chi connectivity index (χ3v) is 10.0. The molecule has 0 saturated heterocycles. The zero-order valence-corrected chi connectivity index (χ0v) is 14.6. The average Bonchev–Trinajstić information content (AvgIpc) is 2.94. The van der Waals surface area contributed by atoms with Crippen LogP contribution in [0.2, 0.25) is 0 Å². The lowest BCUT2D eigenvalue weighted by Crippen LogP contribution is -2.64. The van der Waals surface area contributed by atoms with Crippen molar-refractivity contribution in [2.24, 2.45) is 45.3 Å². The van der Waals surface area contributed by atoms with E-state index in [0.29, 0.717) is 29.6 Å². The molecule has 0 radical (unpaired) electrons. The van der Waals surface area contributed by atoms with Gasteiger partial charge in [0.1, 0.15) is 0 Å². The van der Waals surface area contributed by atoms with Gasteiger partial charge in [-0.25, -0.2) is 0 Å². The topological polar surface area (TPSA) is 57.5 Å². The van der Waals surface area contributed by atoms with E-state index in [0.717, 1.165) is 18.3 Å². The molecule has 6 rings (SSSR count). The van der Waals surface area contributed by atoms with Crippen molar-refractivity contribution in [2.75, 3.05) is 0 Å². The predicted molar refractivity (Wildman–Crippen MR) is 86.7 cm³/mol. The monoisotopic (exact) mass is 318 g/mol. The summed E-state index contributed by atoms with van der Waals surface area (Å²) >= 11 is 0. The molecule has 0 amide bonds. The van der Waals surface area contributed by atoms with E-state index in [1.807, 2.05) is 6.92 Å². The van der Waals surface area contributed by atoms with Gasteiger partial charge < -0.3 is 10.2 Å². The van der Waals surface area contributed by atoms with Crippen LogP contribution in [0.15, 0.2) is 0 Å². The Bertz CT molecular complexity index is 602. The zero-order valence-electron chi connectivity index (χ0n) is 14.6. The van der Waals surface area contributed by atoms with Crippen LogP contribution in [0.3, 0.4) is 0 Å². The van der Waals surface area contributed by atoms with Crippen molar-refractivity contribution in [3.05, 3.63) is 0 Å². The van der Waals surface area contributed by atoms with Gasteiger partial charge >= 0.3 is 5.97 Å². The molecule has 6 saturated carbocycles. The van der Waals surface area contributed by atoms with Crippen LogP contribution in [-0.4, -0.2) is 22.3 Å². The summed E-state index contributed by atoms with van der Waals surface area (Å²) in [4.78, 5) is 12.1. The minimum Gasteiger partial charge on any atom is -0.481 e. The number of fused-ring (bicyclic) bond motifs is 1. The predicted octanol–water partition coefficient (Wildman–Crippen LogP) is 3.70. The Labute approximate surface area is 138 Å². The van der Waals surface area contributed by atoms with Crippen LogP contribution in [0, 0.1) is 45.3 Å². The quantitative estimate of drug-likeness (QED) is 0.775. The van der Waals surface area contributed by atoms with Crippen LogP contribution in [0.5, 0.6) is 0 Å². The first-order valence-corrected chi connectivity index (χ1v) is 9.60. The summed E-state index contributed by atoms with van der Waals surface area (Å²) < 4.78 is 0. The summed E-state index contributed by atoms with van der Waals surface area (Å²) in [6.45, 7) is 6.70. The molecular weight excluding hydrogens is 288 g/mol. The van der Waals surface area contributed by atoms with Crippen molar-refractivity contribution in [2.45, 2.75) is 71.8 Å². The summed E-state index contributed by atoms with van der Waals surface area (Å²) in [5.74, 6) is 1.82. The van der Waals surface area contributed by atoms with Gasteiger partial charge in [0.25, 0.3) is 0 Å². The van der Waals surface area contributed by atoms with E-state index in [1.165, 1.54) is 25.7 Å². The Morgan fingerprint density at radius 1 is 1.04 bits per heavy atom. The standard InChI is InChI=1S/C20H30O3/c1-17(16(22)23)6-5-15(21)19(3)13(17)4-7-20-9-12-11(8-14(19)20)18(12,2)10-20/h11-15,21H,4-10H2,1-3H3,(H,22,23)/t11-,12+,13-,14-,15+,17+,18-,19-,20+/m0/s1. The number of carbonyl (C=O) groups is 1. The molecule has 3 nitrogen and oxygen atoms in total. The fraction of sp³-hybridized carbons (Fsp3) is 0.950. The van der Waals surface area contributed by atoms with Gasteiger partial charge in [-0.2, -0.15) is 0 Å². The molecule has 9 atom stereocenters. The molecule has 2 N–H and O–H groups in total. The van der Waals surface area contributed by atoms with Gasteiger partial charge in [0.2, 0.25) is 0 Å². The third kappa shape index (κ3) is 1.38. The van der Waals surface area contributed by atoms with Crippen LogP contribution in [0.25, 0.3) is 0 Å². The average molecular weight is 318 g/mol. The van der Waals surface area contributed by atoms with E-state index in [-0.39, 0.29) is 17.4 Å². The Hall–Kier alpha value is -0.570. The minimum atomic E-state index is -0.650. The maximum atomic E-state index is 12.1. The van der Waals surface area contributed by atoms with Crippen molar-refractivity contribution in [1.29, 1.82) is 0 Å². The zero-order chi connectivity index (χ0) is 16.4. The van der Waals surface area contributed by atoms with E-state index < -0.39 is 11.4 Å². The molecule has 0 aromatic rings. The number of carboxylic acid groups (broad SMARTS) is 1. The maximum absolute atomic E-state index is 12.1. The second-order valence-corrected chi connectivity index (χ2v) is 10.5. The summed E-state index contributed by atoms with van der Waals surface area (Å²) in [7, 11) is 0. The molecule has 0 aromatic carbocycles. The first-order valence-electron chi connectivity index (χ1n) is 9.60. The highest BCUT2D eigenvalue weighted by molar-refractivity contribution is 5.75. The molecule has 6 fully saturated rings. The van der Waals surface area contributed by atoms with Crippen LogP contribution in [-0.2, 0) is 4.79 Å². The van der Waals surface area contributed by atoms with Crippen molar-refractivity contribution >= 4 is 5.97 Å². The highest BCUT2D eigenvalue weighted by Gasteiger charge is 2.79.